The first-order chi connectivity index (χ1) is 11.6. The largest absolute Gasteiger partial charge is 0.489 e. The van der Waals surface area contributed by atoms with Crippen molar-refractivity contribution in [2.45, 2.75) is 13.5 Å². The van der Waals surface area contributed by atoms with Gasteiger partial charge in [0.1, 0.15) is 12.4 Å². The van der Waals surface area contributed by atoms with Crippen molar-refractivity contribution in [3.63, 3.8) is 0 Å². The molecule has 0 atom stereocenters. The molecule has 0 saturated carbocycles. The molecule has 24 heavy (non-hydrogen) atoms. The lowest BCUT2D eigenvalue weighted by molar-refractivity contribution is 0.306. The van der Waals surface area contributed by atoms with E-state index in [0.29, 0.717) is 21.8 Å². The van der Waals surface area contributed by atoms with Crippen molar-refractivity contribution in [1.82, 2.24) is 10.7 Å². The third-order valence-electron chi connectivity index (χ3n) is 3.01. The fourth-order valence-corrected chi connectivity index (χ4v) is 2.48. The summed E-state index contributed by atoms with van der Waals surface area (Å²) in [7, 11) is 0. The van der Waals surface area contributed by atoms with Crippen LogP contribution < -0.4 is 15.5 Å². The molecule has 0 aliphatic carbocycles. The minimum absolute atomic E-state index is 0.377. The fraction of sp³-hybridized carbons (Fsp3) is 0.176. The number of hydrogen-bond acceptors (Lipinski definition) is 3. The zero-order chi connectivity index (χ0) is 17.4. The quantitative estimate of drug-likeness (QED) is 0.442. The van der Waals surface area contributed by atoms with Gasteiger partial charge in [0.2, 0.25) is 0 Å². The van der Waals surface area contributed by atoms with Crippen molar-refractivity contribution in [1.29, 1.82) is 0 Å². The van der Waals surface area contributed by atoms with Crippen molar-refractivity contribution in [2.75, 3.05) is 6.54 Å². The molecule has 4 nitrogen and oxygen atoms in total. The molecule has 2 N–H and O–H groups in total. The van der Waals surface area contributed by atoms with Gasteiger partial charge in [0.15, 0.2) is 5.11 Å². The SMILES string of the molecule is CCNC(=S)N/N=C\c1ccc(OCc2ccc(Cl)cc2Cl)cc1. The Hall–Kier alpha value is -1.82. The van der Waals surface area contributed by atoms with Crippen LogP contribution in [0.25, 0.3) is 0 Å². The molecule has 0 amide bonds. The van der Waals surface area contributed by atoms with Gasteiger partial charge in [-0.1, -0.05) is 29.3 Å². The highest BCUT2D eigenvalue weighted by molar-refractivity contribution is 7.80. The minimum atomic E-state index is 0.377. The van der Waals surface area contributed by atoms with Crippen LogP contribution >= 0.6 is 35.4 Å². The standard InChI is InChI=1S/C17H17Cl2N3OS/c1-2-20-17(24)22-21-10-12-3-7-15(8-4-12)23-11-13-5-6-14(18)9-16(13)19/h3-10H,2,11H2,1H3,(H2,20,22,24)/b21-10-. The van der Waals surface area contributed by atoms with Gasteiger partial charge in [-0.25, -0.2) is 0 Å². The Balaban J connectivity index is 1.87. The second kappa shape index (κ2) is 9.47. The first-order valence-electron chi connectivity index (χ1n) is 7.32. The lowest BCUT2D eigenvalue weighted by Gasteiger charge is -2.08. The minimum Gasteiger partial charge on any atom is -0.489 e. The van der Waals surface area contributed by atoms with Crippen LogP contribution in [0.4, 0.5) is 0 Å². The first-order valence-corrected chi connectivity index (χ1v) is 8.48. The number of halogens is 2. The number of ether oxygens (including phenoxy) is 1. The second-order valence-corrected chi connectivity index (χ2v) is 6.07. The summed E-state index contributed by atoms with van der Waals surface area (Å²) in [6.45, 7) is 3.10. The van der Waals surface area contributed by atoms with Crippen LogP contribution in [0, 0.1) is 0 Å². The summed E-state index contributed by atoms with van der Waals surface area (Å²) in [4.78, 5) is 0. The molecule has 0 aliphatic heterocycles. The number of rotatable bonds is 6. The van der Waals surface area contributed by atoms with E-state index in [1.54, 1.807) is 18.3 Å². The Morgan fingerprint density at radius 1 is 1.21 bits per heavy atom. The topological polar surface area (TPSA) is 45.7 Å². The van der Waals surface area contributed by atoms with E-state index in [4.69, 9.17) is 40.2 Å². The summed E-state index contributed by atoms with van der Waals surface area (Å²) >= 11 is 17.0. The van der Waals surface area contributed by atoms with Crippen LogP contribution in [0.15, 0.2) is 47.6 Å². The van der Waals surface area contributed by atoms with Gasteiger partial charge in [0.05, 0.1) is 6.21 Å². The van der Waals surface area contributed by atoms with Gasteiger partial charge in [-0.3, -0.25) is 5.43 Å². The summed E-state index contributed by atoms with van der Waals surface area (Å²) in [5.74, 6) is 0.745. The van der Waals surface area contributed by atoms with Crippen molar-refractivity contribution < 1.29 is 4.74 Å². The maximum atomic E-state index is 6.12. The summed E-state index contributed by atoms with van der Waals surface area (Å²) in [6.07, 6.45) is 1.68. The maximum absolute atomic E-state index is 6.12. The predicted octanol–water partition coefficient (Wildman–Crippen LogP) is 4.39. The van der Waals surface area contributed by atoms with Crippen LogP contribution in [-0.4, -0.2) is 17.9 Å². The monoisotopic (exact) mass is 381 g/mol. The first kappa shape index (κ1) is 18.5. The van der Waals surface area contributed by atoms with E-state index in [1.807, 2.05) is 37.3 Å². The van der Waals surface area contributed by atoms with Crippen LogP contribution in [0.1, 0.15) is 18.1 Å². The van der Waals surface area contributed by atoms with E-state index in [9.17, 15) is 0 Å². The Morgan fingerprint density at radius 2 is 1.96 bits per heavy atom. The van der Waals surface area contributed by atoms with Crippen molar-refractivity contribution in [3.05, 3.63) is 63.6 Å². The lowest BCUT2D eigenvalue weighted by Crippen LogP contribution is -2.31. The van der Waals surface area contributed by atoms with Crippen LogP contribution in [0.2, 0.25) is 10.0 Å². The number of thiocarbonyl (C=S) groups is 1. The normalized spacial score (nSPS) is 10.6. The Bertz CT molecular complexity index is 720. The van der Waals surface area contributed by atoms with Gasteiger partial charge in [0, 0.05) is 22.2 Å². The summed E-state index contributed by atoms with van der Waals surface area (Å²) in [6, 6.07) is 12.9. The number of hydrogen-bond donors (Lipinski definition) is 2. The van der Waals surface area contributed by atoms with E-state index >= 15 is 0 Å². The zero-order valence-corrected chi connectivity index (χ0v) is 15.4. The zero-order valence-electron chi connectivity index (χ0n) is 13.1. The van der Waals surface area contributed by atoms with E-state index < -0.39 is 0 Å². The number of nitrogens with zero attached hydrogens (tertiary/aromatic N) is 1. The van der Waals surface area contributed by atoms with Crippen LogP contribution in [0.3, 0.4) is 0 Å². The molecule has 7 heteroatoms. The molecule has 2 rings (SSSR count). The molecule has 126 valence electrons. The molecule has 0 spiro atoms. The molecule has 0 fully saturated rings. The molecule has 0 heterocycles. The molecule has 0 aromatic heterocycles. The molecular formula is C17H17Cl2N3OS. The summed E-state index contributed by atoms with van der Waals surface area (Å²) in [5.41, 5.74) is 4.55. The Morgan fingerprint density at radius 3 is 2.62 bits per heavy atom. The van der Waals surface area contributed by atoms with Crippen molar-refractivity contribution >= 4 is 46.7 Å². The molecule has 0 radical (unpaired) electrons. The third-order valence-corrected chi connectivity index (χ3v) is 3.83. The number of hydrazone groups is 1. The van der Waals surface area contributed by atoms with Gasteiger partial charge >= 0.3 is 0 Å². The molecule has 0 unspecified atom stereocenters. The summed E-state index contributed by atoms with van der Waals surface area (Å²) < 4.78 is 5.72. The molecule has 2 aromatic carbocycles. The predicted molar refractivity (Wildman–Crippen MR) is 104 cm³/mol. The molecule has 2 aromatic rings. The van der Waals surface area contributed by atoms with Crippen LogP contribution in [-0.2, 0) is 6.61 Å². The van der Waals surface area contributed by atoms with E-state index in [0.717, 1.165) is 23.4 Å². The lowest BCUT2D eigenvalue weighted by atomic mass is 10.2. The van der Waals surface area contributed by atoms with Gasteiger partial charge in [-0.2, -0.15) is 5.10 Å². The van der Waals surface area contributed by atoms with E-state index in [2.05, 4.69) is 15.8 Å². The molecular weight excluding hydrogens is 365 g/mol. The van der Waals surface area contributed by atoms with Gasteiger partial charge < -0.3 is 10.1 Å². The molecule has 0 aliphatic rings. The van der Waals surface area contributed by atoms with Crippen molar-refractivity contribution in [2.24, 2.45) is 5.10 Å². The third kappa shape index (κ3) is 6.00. The molecule has 0 bridgehead atoms. The summed E-state index contributed by atoms with van der Waals surface area (Å²) in [5, 5.41) is 8.69. The second-order valence-electron chi connectivity index (χ2n) is 4.82. The van der Waals surface area contributed by atoms with Crippen LogP contribution in [0.5, 0.6) is 5.75 Å². The average Bonchev–Trinajstić information content (AvgIpc) is 2.55. The fourth-order valence-electron chi connectivity index (χ4n) is 1.82. The highest BCUT2D eigenvalue weighted by Crippen LogP contribution is 2.22. The van der Waals surface area contributed by atoms with E-state index in [1.165, 1.54) is 0 Å². The van der Waals surface area contributed by atoms with Gasteiger partial charge in [0.25, 0.3) is 0 Å². The average molecular weight is 382 g/mol. The highest BCUT2D eigenvalue weighted by Gasteiger charge is 2.02. The molecule has 0 saturated heterocycles. The van der Waals surface area contributed by atoms with Crippen molar-refractivity contribution in [3.8, 4) is 5.75 Å². The smallest absolute Gasteiger partial charge is 0.186 e. The van der Waals surface area contributed by atoms with Gasteiger partial charge in [-0.05, 0) is 61.1 Å². The number of nitrogens with one attached hydrogen (secondary N) is 2. The Labute approximate surface area is 156 Å². The Kier molecular flexibility index (Phi) is 7.31. The van der Waals surface area contributed by atoms with E-state index in [-0.39, 0.29) is 0 Å². The van der Waals surface area contributed by atoms with Gasteiger partial charge in [-0.15, -0.1) is 0 Å². The maximum Gasteiger partial charge on any atom is 0.186 e. The number of benzene rings is 2. The highest BCUT2D eigenvalue weighted by atomic mass is 35.5.